The molecule has 6 N–H and O–H groups in total. The highest BCUT2D eigenvalue weighted by molar-refractivity contribution is 7.98. The predicted octanol–water partition coefficient (Wildman–Crippen LogP) is 4.50. The molecule has 0 fully saturated rings. The van der Waals surface area contributed by atoms with E-state index in [0.717, 1.165) is 68.8 Å². The third-order valence-corrected chi connectivity index (χ3v) is 8.61. The Hall–Kier alpha value is -3.93. The molecular weight excluding hydrogens is 610 g/mol. The number of thioether (sulfide) groups is 1. The summed E-state index contributed by atoms with van der Waals surface area (Å²) in [5.74, 6) is 2.36. The van der Waals surface area contributed by atoms with E-state index >= 15 is 0 Å². The van der Waals surface area contributed by atoms with Gasteiger partial charge in [0.05, 0.1) is 5.69 Å². The van der Waals surface area contributed by atoms with Crippen LogP contribution in [0.2, 0.25) is 0 Å². The van der Waals surface area contributed by atoms with Crippen LogP contribution < -0.4 is 22.1 Å². The average molecular weight is 654 g/mol. The van der Waals surface area contributed by atoms with Gasteiger partial charge in [-0.15, -0.1) is 11.3 Å². The van der Waals surface area contributed by atoms with E-state index in [2.05, 4.69) is 43.0 Å². The summed E-state index contributed by atoms with van der Waals surface area (Å²) in [7, 11) is 2.15. The fourth-order valence-electron chi connectivity index (χ4n) is 4.40. The van der Waals surface area contributed by atoms with Gasteiger partial charge in [0.25, 0.3) is 0 Å². The maximum absolute atomic E-state index is 13.4. The minimum Gasteiger partial charge on any atom is -0.370 e. The maximum Gasteiger partial charge on any atom is 0.212 e. The van der Waals surface area contributed by atoms with Crippen molar-refractivity contribution in [3.8, 4) is 6.19 Å². The van der Waals surface area contributed by atoms with Gasteiger partial charge in [0, 0.05) is 55.8 Å². The van der Waals surface area contributed by atoms with Gasteiger partial charge < -0.3 is 27.0 Å². The molecule has 0 atom stereocenters. The first kappa shape index (κ1) is 35.5. The zero-order valence-corrected chi connectivity index (χ0v) is 27.5. The van der Waals surface area contributed by atoms with Gasteiger partial charge >= 0.3 is 0 Å². The number of anilines is 1. The first-order valence-electron chi connectivity index (χ1n) is 15.0. The highest BCUT2D eigenvalue weighted by Crippen LogP contribution is 2.22. The minimum atomic E-state index is -0.225. The number of benzene rings is 1. The van der Waals surface area contributed by atoms with Gasteiger partial charge in [-0.2, -0.15) is 22.0 Å². The molecule has 45 heavy (non-hydrogen) atoms. The number of hydrogen-bond acceptors (Lipinski definition) is 9. The summed E-state index contributed by atoms with van der Waals surface area (Å²) in [6, 6.07) is 12.6. The van der Waals surface area contributed by atoms with Gasteiger partial charge in [0.1, 0.15) is 11.6 Å². The molecule has 0 aliphatic heterocycles. The quantitative estimate of drug-likeness (QED) is 0.0520. The van der Waals surface area contributed by atoms with Crippen LogP contribution in [-0.2, 0) is 12.3 Å². The lowest BCUT2D eigenvalue weighted by molar-refractivity contribution is 0.328. The lowest BCUT2D eigenvalue weighted by Gasteiger charge is -2.27. The van der Waals surface area contributed by atoms with E-state index in [1.807, 2.05) is 35.7 Å². The number of halogens is 1. The van der Waals surface area contributed by atoms with Crippen molar-refractivity contribution in [2.75, 3.05) is 50.4 Å². The van der Waals surface area contributed by atoms with Gasteiger partial charge in [0.2, 0.25) is 11.1 Å². The summed E-state index contributed by atoms with van der Waals surface area (Å²) in [5.41, 5.74) is 18.8. The van der Waals surface area contributed by atoms with Crippen molar-refractivity contribution in [2.24, 2.45) is 27.2 Å². The SMILES string of the molecule is CN(CCCCCCCN=C(N)N(C#N)CCSCc1csc(N=C(N)N)n1)CCN(Cc1ccc(F)cc1)c1ccccn1. The van der Waals surface area contributed by atoms with Gasteiger partial charge in [-0.3, -0.25) is 4.99 Å². The van der Waals surface area contributed by atoms with Gasteiger partial charge in [-0.05, 0) is 56.3 Å². The Morgan fingerprint density at radius 3 is 2.51 bits per heavy atom. The summed E-state index contributed by atoms with van der Waals surface area (Å²) in [4.78, 5) is 23.3. The molecule has 0 bridgehead atoms. The van der Waals surface area contributed by atoms with E-state index in [0.29, 0.717) is 36.3 Å². The monoisotopic (exact) mass is 653 g/mol. The fourth-order valence-corrected chi connectivity index (χ4v) is 6.03. The molecular formula is C31H44FN11S2. The number of thiazole rings is 1. The van der Waals surface area contributed by atoms with Crippen molar-refractivity contribution in [3.63, 3.8) is 0 Å². The van der Waals surface area contributed by atoms with Crippen LogP contribution in [0, 0.1) is 17.3 Å². The summed E-state index contributed by atoms with van der Waals surface area (Å²) in [5, 5.41) is 11.9. The van der Waals surface area contributed by atoms with Crippen LogP contribution in [0.1, 0.15) is 43.4 Å². The smallest absolute Gasteiger partial charge is 0.212 e. The highest BCUT2D eigenvalue weighted by atomic mass is 32.2. The summed E-state index contributed by atoms with van der Waals surface area (Å²) < 4.78 is 13.4. The fraction of sp³-hybridized carbons (Fsp3) is 0.452. The van der Waals surface area contributed by atoms with Crippen LogP contribution in [-0.4, -0.2) is 77.2 Å². The molecule has 242 valence electrons. The molecule has 0 saturated carbocycles. The summed E-state index contributed by atoms with van der Waals surface area (Å²) >= 11 is 3.04. The van der Waals surface area contributed by atoms with Crippen molar-refractivity contribution in [1.29, 1.82) is 5.26 Å². The van der Waals surface area contributed by atoms with Crippen LogP contribution in [0.4, 0.5) is 15.3 Å². The highest BCUT2D eigenvalue weighted by Gasteiger charge is 2.11. The molecule has 0 saturated heterocycles. The van der Waals surface area contributed by atoms with E-state index in [1.54, 1.807) is 18.0 Å². The average Bonchev–Trinajstić information content (AvgIpc) is 3.48. The molecule has 3 aromatic rings. The molecule has 2 aromatic heterocycles. The van der Waals surface area contributed by atoms with E-state index in [9.17, 15) is 9.65 Å². The molecule has 14 heteroatoms. The van der Waals surface area contributed by atoms with E-state index in [-0.39, 0.29) is 17.7 Å². The van der Waals surface area contributed by atoms with Crippen molar-refractivity contribution < 1.29 is 4.39 Å². The van der Waals surface area contributed by atoms with E-state index < -0.39 is 0 Å². The molecule has 11 nitrogen and oxygen atoms in total. The second-order valence-electron chi connectivity index (χ2n) is 10.5. The first-order valence-corrected chi connectivity index (χ1v) is 17.1. The van der Waals surface area contributed by atoms with Gasteiger partial charge in [-0.1, -0.05) is 37.5 Å². The number of rotatable bonds is 20. The number of likely N-dealkylation sites (N-methyl/N-ethyl adjacent to an activating group) is 1. The van der Waals surface area contributed by atoms with Gasteiger partial charge in [0.15, 0.2) is 12.2 Å². The summed E-state index contributed by atoms with van der Waals surface area (Å²) in [6.07, 6.45) is 9.35. The van der Waals surface area contributed by atoms with Crippen LogP contribution in [0.15, 0.2) is 64.0 Å². The molecule has 0 unspecified atom stereocenters. The zero-order chi connectivity index (χ0) is 32.3. The number of aromatic nitrogens is 2. The minimum absolute atomic E-state index is 0.0103. The third kappa shape index (κ3) is 14.1. The number of pyridine rings is 1. The molecule has 3 rings (SSSR count). The van der Waals surface area contributed by atoms with E-state index in [1.165, 1.54) is 28.4 Å². The third-order valence-electron chi connectivity index (χ3n) is 6.85. The van der Waals surface area contributed by atoms with Crippen molar-refractivity contribution >= 4 is 46.0 Å². The number of hydrogen-bond donors (Lipinski definition) is 3. The van der Waals surface area contributed by atoms with Crippen molar-refractivity contribution in [3.05, 3.63) is 71.1 Å². The Kier molecular flexibility index (Phi) is 15.9. The molecule has 0 aliphatic carbocycles. The number of guanidine groups is 2. The van der Waals surface area contributed by atoms with Gasteiger partial charge in [-0.25, -0.2) is 19.3 Å². The summed E-state index contributed by atoms with van der Waals surface area (Å²) in [6.45, 7) is 4.54. The Morgan fingerprint density at radius 1 is 1.00 bits per heavy atom. The van der Waals surface area contributed by atoms with Crippen LogP contribution >= 0.6 is 23.1 Å². The number of unbranched alkanes of at least 4 members (excludes halogenated alkanes) is 4. The van der Waals surface area contributed by atoms with Crippen LogP contribution in [0.3, 0.4) is 0 Å². The van der Waals surface area contributed by atoms with Crippen molar-refractivity contribution in [2.45, 2.75) is 44.4 Å². The van der Waals surface area contributed by atoms with E-state index in [4.69, 9.17) is 17.2 Å². The molecule has 0 spiro atoms. The molecule has 0 aliphatic rings. The van der Waals surface area contributed by atoms with Crippen LogP contribution in [0.5, 0.6) is 0 Å². The normalized spacial score (nSPS) is 11.4. The Balaban J connectivity index is 1.26. The molecule has 1 aromatic carbocycles. The zero-order valence-electron chi connectivity index (χ0n) is 25.9. The maximum atomic E-state index is 13.4. The number of nitriles is 1. The Morgan fingerprint density at radius 2 is 1.78 bits per heavy atom. The first-order chi connectivity index (χ1) is 21.8. The Labute approximate surface area is 274 Å². The van der Waals surface area contributed by atoms with Crippen molar-refractivity contribution in [1.82, 2.24) is 19.8 Å². The number of nitrogens with two attached hydrogens (primary N) is 3. The molecule has 0 amide bonds. The molecule has 2 heterocycles. The topological polar surface area (TPSA) is 162 Å². The van der Waals surface area contributed by atoms with Crippen LogP contribution in [0.25, 0.3) is 0 Å². The lowest BCUT2D eigenvalue weighted by Crippen LogP contribution is -2.35. The standard InChI is InChI=1S/C31H44FN11S2/c1-41(17-18-42(28-9-5-7-14-37-28)21-25-10-12-26(32)13-11-25)16-8-4-2-3-6-15-38-30(36)43(24-33)19-20-44-22-27-23-45-31(39-27)40-29(34)35/h5,7,9-14,23H,2-4,6,8,15-22H2,1H3,(H2,36,38)(H4,34,35,39,40). The second-order valence-corrected chi connectivity index (χ2v) is 12.5. The largest absolute Gasteiger partial charge is 0.370 e. The number of nitrogens with zero attached hydrogens (tertiary/aromatic N) is 8. The number of aliphatic imine (C=N–C) groups is 2. The molecule has 0 radical (unpaired) electrons. The Bertz CT molecular complexity index is 1360. The lowest BCUT2D eigenvalue weighted by atomic mass is 10.1. The second kappa shape index (κ2) is 20.2. The predicted molar refractivity (Wildman–Crippen MR) is 185 cm³/mol.